The largest absolute Gasteiger partial charge is 0.319 e. The first-order chi connectivity index (χ1) is 12.0. The zero-order valence-corrected chi connectivity index (χ0v) is 14.4. The van der Waals surface area contributed by atoms with Crippen molar-refractivity contribution in [2.75, 3.05) is 5.32 Å². The van der Waals surface area contributed by atoms with Crippen molar-refractivity contribution in [3.63, 3.8) is 0 Å². The number of amides is 1. The molecule has 0 saturated heterocycles. The van der Waals surface area contributed by atoms with E-state index in [4.69, 9.17) is 11.6 Å². The monoisotopic (exact) mass is 355 g/mol. The van der Waals surface area contributed by atoms with E-state index >= 15 is 0 Å². The van der Waals surface area contributed by atoms with Crippen LogP contribution in [0, 0.1) is 5.82 Å². The lowest BCUT2D eigenvalue weighted by atomic mass is 10.1. The van der Waals surface area contributed by atoms with Crippen LogP contribution >= 0.6 is 11.6 Å². The van der Waals surface area contributed by atoms with E-state index in [0.717, 1.165) is 11.1 Å². The van der Waals surface area contributed by atoms with E-state index in [2.05, 4.69) is 5.32 Å². The number of benzene rings is 2. The number of halogens is 2. The fraction of sp³-hybridized carbons (Fsp3) is 0.100. The Balaban J connectivity index is 1.80. The Morgan fingerprint density at radius 3 is 2.52 bits per heavy atom. The summed E-state index contributed by atoms with van der Waals surface area (Å²) in [5.74, 6) is -0.676. The van der Waals surface area contributed by atoms with Crippen molar-refractivity contribution in [3.05, 3.63) is 83.9 Å². The van der Waals surface area contributed by atoms with Crippen LogP contribution in [-0.2, 0) is 4.79 Å². The van der Waals surface area contributed by atoms with Gasteiger partial charge >= 0.3 is 0 Å². The molecule has 1 aromatic heterocycles. The van der Waals surface area contributed by atoms with E-state index in [0.29, 0.717) is 5.69 Å². The number of carbonyl (C=O) groups is 1. The average Bonchev–Trinajstić information content (AvgIpc) is 2.64. The normalized spacial score (nSPS) is 11.8. The molecule has 126 valence electrons. The van der Waals surface area contributed by atoms with Crippen molar-refractivity contribution in [3.8, 4) is 11.1 Å². The fourth-order valence-electron chi connectivity index (χ4n) is 2.50. The number of carbonyl (C=O) groups excluding carboxylic acids is 1. The quantitative estimate of drug-likeness (QED) is 0.680. The molecule has 3 aromatic rings. The predicted octanol–water partition coefficient (Wildman–Crippen LogP) is 4.63. The molecule has 2 aromatic carbocycles. The van der Waals surface area contributed by atoms with Crippen molar-refractivity contribution < 1.29 is 13.8 Å². The van der Waals surface area contributed by atoms with Crippen LogP contribution in [0.1, 0.15) is 13.0 Å². The Morgan fingerprint density at radius 1 is 1.08 bits per heavy atom. The molecule has 0 saturated carbocycles. The lowest BCUT2D eigenvalue weighted by Gasteiger charge is -2.11. The summed E-state index contributed by atoms with van der Waals surface area (Å²) in [4.78, 5) is 12.5. The molecule has 0 unspecified atom stereocenters. The minimum atomic E-state index is -0.454. The molecule has 1 atom stereocenters. The second-order valence-corrected chi connectivity index (χ2v) is 6.10. The number of pyridine rings is 1. The van der Waals surface area contributed by atoms with E-state index in [9.17, 15) is 9.18 Å². The van der Waals surface area contributed by atoms with E-state index < -0.39 is 11.9 Å². The third kappa shape index (κ3) is 4.03. The highest BCUT2D eigenvalue weighted by Gasteiger charge is 2.23. The zero-order chi connectivity index (χ0) is 17.8. The average molecular weight is 356 g/mol. The van der Waals surface area contributed by atoms with Gasteiger partial charge in [0.2, 0.25) is 6.04 Å². The van der Waals surface area contributed by atoms with Gasteiger partial charge in [0.1, 0.15) is 5.82 Å². The molecular formula is C20H17ClFN2O+. The Hall–Kier alpha value is -2.72. The van der Waals surface area contributed by atoms with Gasteiger partial charge in [-0.2, -0.15) is 4.57 Å². The summed E-state index contributed by atoms with van der Waals surface area (Å²) in [7, 11) is 0. The second kappa shape index (κ2) is 7.45. The fourth-order valence-corrected chi connectivity index (χ4v) is 2.71. The number of aromatic nitrogens is 1. The molecule has 1 amide bonds. The highest BCUT2D eigenvalue weighted by Crippen LogP contribution is 2.23. The van der Waals surface area contributed by atoms with Gasteiger partial charge in [-0.05, 0) is 29.8 Å². The van der Waals surface area contributed by atoms with Gasteiger partial charge in [0.25, 0.3) is 5.91 Å². The summed E-state index contributed by atoms with van der Waals surface area (Å²) >= 11 is 5.97. The van der Waals surface area contributed by atoms with Crippen LogP contribution in [-0.4, -0.2) is 5.91 Å². The highest BCUT2D eigenvalue weighted by atomic mass is 35.5. The third-order valence-electron chi connectivity index (χ3n) is 3.94. The maximum absolute atomic E-state index is 13.1. The van der Waals surface area contributed by atoms with Crippen LogP contribution in [0.15, 0.2) is 73.1 Å². The van der Waals surface area contributed by atoms with Crippen LogP contribution in [0.2, 0.25) is 5.02 Å². The number of nitrogens with zero attached hydrogens (tertiary/aromatic N) is 1. The maximum Gasteiger partial charge on any atom is 0.293 e. The first-order valence-corrected chi connectivity index (χ1v) is 8.24. The van der Waals surface area contributed by atoms with Gasteiger partial charge in [0, 0.05) is 18.6 Å². The van der Waals surface area contributed by atoms with Crippen LogP contribution in [0.3, 0.4) is 0 Å². The summed E-state index contributed by atoms with van der Waals surface area (Å²) in [5, 5.41) is 2.91. The molecule has 0 spiro atoms. The molecular weight excluding hydrogens is 339 g/mol. The van der Waals surface area contributed by atoms with Gasteiger partial charge in [0.15, 0.2) is 12.4 Å². The Bertz CT molecular complexity index is 899. The lowest BCUT2D eigenvalue weighted by Crippen LogP contribution is -2.44. The molecule has 5 heteroatoms. The molecule has 1 heterocycles. The van der Waals surface area contributed by atoms with Crippen LogP contribution < -0.4 is 9.88 Å². The van der Waals surface area contributed by atoms with Gasteiger partial charge in [0.05, 0.1) is 10.7 Å². The van der Waals surface area contributed by atoms with Crippen molar-refractivity contribution in [2.24, 2.45) is 0 Å². The van der Waals surface area contributed by atoms with Gasteiger partial charge in [-0.3, -0.25) is 4.79 Å². The van der Waals surface area contributed by atoms with Crippen LogP contribution in [0.5, 0.6) is 0 Å². The van der Waals surface area contributed by atoms with Crippen molar-refractivity contribution in [2.45, 2.75) is 13.0 Å². The van der Waals surface area contributed by atoms with E-state index in [1.807, 2.05) is 59.4 Å². The third-order valence-corrected chi connectivity index (χ3v) is 4.26. The van der Waals surface area contributed by atoms with Gasteiger partial charge in [-0.15, -0.1) is 0 Å². The van der Waals surface area contributed by atoms with E-state index in [-0.39, 0.29) is 10.9 Å². The van der Waals surface area contributed by atoms with Crippen LogP contribution in [0.4, 0.5) is 10.1 Å². The molecule has 0 aliphatic rings. The van der Waals surface area contributed by atoms with E-state index in [1.54, 1.807) is 6.92 Å². The number of rotatable bonds is 4. The number of anilines is 1. The number of nitrogens with one attached hydrogen (secondary N) is 1. The minimum absolute atomic E-state index is 0.170. The van der Waals surface area contributed by atoms with Crippen LogP contribution in [0.25, 0.3) is 11.1 Å². The predicted molar refractivity (Wildman–Crippen MR) is 96.8 cm³/mol. The van der Waals surface area contributed by atoms with Crippen molar-refractivity contribution in [1.82, 2.24) is 0 Å². The maximum atomic E-state index is 13.1. The van der Waals surface area contributed by atoms with Gasteiger partial charge in [-0.1, -0.05) is 41.9 Å². The highest BCUT2D eigenvalue weighted by molar-refractivity contribution is 6.33. The SMILES string of the molecule is C[C@@H](C(=O)Nc1ccc(F)cc1Cl)[n+]1cccc(-c2ccccc2)c1. The Labute approximate surface area is 150 Å². The summed E-state index contributed by atoms with van der Waals surface area (Å²) in [6.07, 6.45) is 3.76. The first kappa shape index (κ1) is 17.1. The molecule has 3 rings (SSSR count). The minimum Gasteiger partial charge on any atom is -0.319 e. The Morgan fingerprint density at radius 2 is 1.80 bits per heavy atom. The van der Waals surface area contributed by atoms with Crippen molar-refractivity contribution >= 4 is 23.2 Å². The summed E-state index contributed by atoms with van der Waals surface area (Å²) in [5.41, 5.74) is 2.48. The molecule has 0 aliphatic heterocycles. The number of hydrogen-bond acceptors (Lipinski definition) is 1. The van der Waals surface area contributed by atoms with Gasteiger partial charge < -0.3 is 5.32 Å². The molecule has 3 nitrogen and oxygen atoms in total. The summed E-state index contributed by atoms with van der Waals surface area (Å²) < 4.78 is 14.9. The molecule has 0 bridgehead atoms. The topological polar surface area (TPSA) is 33.0 Å². The molecule has 0 fully saturated rings. The molecule has 0 aliphatic carbocycles. The lowest BCUT2D eigenvalue weighted by molar-refractivity contribution is -0.705. The van der Waals surface area contributed by atoms with Gasteiger partial charge in [-0.25, -0.2) is 4.39 Å². The summed E-state index contributed by atoms with van der Waals surface area (Å²) in [6, 6.07) is 17.3. The van der Waals surface area contributed by atoms with E-state index in [1.165, 1.54) is 18.2 Å². The zero-order valence-electron chi connectivity index (χ0n) is 13.6. The smallest absolute Gasteiger partial charge is 0.293 e. The molecule has 0 radical (unpaired) electrons. The Kier molecular flexibility index (Phi) is 5.10. The molecule has 25 heavy (non-hydrogen) atoms. The summed E-state index contributed by atoms with van der Waals surface area (Å²) in [6.45, 7) is 1.79. The van der Waals surface area contributed by atoms with Crippen molar-refractivity contribution in [1.29, 1.82) is 0 Å². The first-order valence-electron chi connectivity index (χ1n) is 7.87. The molecule has 1 N–H and O–H groups in total. The standard InChI is InChI=1S/C20H16ClFN2O/c1-14(20(25)23-19-10-9-17(22)12-18(19)21)24-11-5-8-16(13-24)15-6-3-2-4-7-15/h2-14H,1H3/p+1/t14-/m0/s1. The number of hydrogen-bond donors (Lipinski definition) is 1. The second-order valence-electron chi connectivity index (χ2n) is 5.70.